The number of fused-ring (bicyclic) bond motifs is 2. The van der Waals surface area contributed by atoms with Crippen LogP contribution >= 0.6 is 11.6 Å². The molecule has 4 atom stereocenters. The average molecular weight is 392 g/mol. The van der Waals surface area contributed by atoms with Crippen molar-refractivity contribution in [2.75, 3.05) is 6.61 Å². The van der Waals surface area contributed by atoms with Gasteiger partial charge in [0.15, 0.2) is 5.79 Å². The van der Waals surface area contributed by atoms with E-state index in [2.05, 4.69) is 9.97 Å². The molecule has 26 heavy (non-hydrogen) atoms. The first-order chi connectivity index (χ1) is 12.1. The molecule has 2 aromatic heterocycles. The van der Waals surface area contributed by atoms with Crippen LogP contribution in [0.25, 0.3) is 11.0 Å². The van der Waals surface area contributed by atoms with Crippen molar-refractivity contribution < 1.29 is 27.8 Å². The van der Waals surface area contributed by atoms with Crippen LogP contribution in [0.5, 0.6) is 0 Å². The first kappa shape index (κ1) is 18.0. The minimum Gasteiger partial charge on any atom is -0.396 e. The largest absolute Gasteiger partial charge is 0.418 e. The second-order valence-corrected chi connectivity index (χ2v) is 7.48. The molecule has 4 rings (SSSR count). The van der Waals surface area contributed by atoms with E-state index in [4.69, 9.17) is 21.1 Å². The van der Waals surface area contributed by atoms with Crippen molar-refractivity contribution >= 4 is 22.6 Å². The summed E-state index contributed by atoms with van der Waals surface area (Å²) in [4.78, 5) is 7.72. The monoisotopic (exact) mass is 391 g/mol. The van der Waals surface area contributed by atoms with Gasteiger partial charge in [0.25, 0.3) is 0 Å². The van der Waals surface area contributed by atoms with Crippen molar-refractivity contribution in [1.29, 1.82) is 0 Å². The third-order valence-electron chi connectivity index (χ3n) is 5.01. The van der Waals surface area contributed by atoms with Crippen LogP contribution < -0.4 is 0 Å². The van der Waals surface area contributed by atoms with E-state index < -0.39 is 35.8 Å². The normalized spacial score (nSPS) is 30.9. The molecule has 0 aromatic carbocycles. The van der Waals surface area contributed by atoms with Gasteiger partial charge in [0, 0.05) is 18.7 Å². The molecule has 0 spiro atoms. The third-order valence-corrected chi connectivity index (χ3v) is 5.30. The van der Waals surface area contributed by atoms with Gasteiger partial charge < -0.3 is 19.1 Å². The SMILES string of the molecule is CC1(C)O[C@@H]2[C@@H](CO)C[C@@H](n3cc(C(F)(F)F)c4c(Cl)ncnc43)[C@@H]2O1. The summed E-state index contributed by atoms with van der Waals surface area (Å²) in [6, 6.07) is -0.469. The number of hydrogen-bond donors (Lipinski definition) is 1. The van der Waals surface area contributed by atoms with Crippen molar-refractivity contribution in [3.8, 4) is 0 Å². The van der Waals surface area contributed by atoms with Gasteiger partial charge in [-0.25, -0.2) is 9.97 Å². The van der Waals surface area contributed by atoms with Crippen molar-refractivity contribution in [3.05, 3.63) is 23.2 Å². The van der Waals surface area contributed by atoms with Crippen molar-refractivity contribution in [2.45, 2.75) is 50.5 Å². The predicted octanol–water partition coefficient (Wildman–Crippen LogP) is 3.18. The Morgan fingerprint density at radius 2 is 2.00 bits per heavy atom. The summed E-state index contributed by atoms with van der Waals surface area (Å²) in [5.41, 5.74) is -0.798. The van der Waals surface area contributed by atoms with Crippen LogP contribution in [-0.2, 0) is 15.7 Å². The number of aliphatic hydroxyl groups excluding tert-OH is 1. The van der Waals surface area contributed by atoms with E-state index in [0.29, 0.717) is 6.42 Å². The molecule has 2 aliphatic rings. The van der Waals surface area contributed by atoms with Gasteiger partial charge in [-0.2, -0.15) is 13.2 Å². The Bertz CT molecular complexity index is 854. The predicted molar refractivity (Wildman–Crippen MR) is 85.6 cm³/mol. The molecular weight excluding hydrogens is 375 g/mol. The standard InChI is InChI=1S/C16H17ClF3N3O3/c1-15(2)25-11-7(5-24)3-9(12(11)26-15)23-4-8(16(18,19)20)10-13(17)21-6-22-14(10)23/h4,6-7,9,11-12,24H,3,5H2,1-2H3/t7-,9-,11-,12+/m1/s1. The third kappa shape index (κ3) is 2.69. The highest BCUT2D eigenvalue weighted by molar-refractivity contribution is 6.34. The number of ether oxygens (including phenoxy) is 2. The first-order valence-corrected chi connectivity index (χ1v) is 8.55. The lowest BCUT2D eigenvalue weighted by Crippen LogP contribution is -2.27. The number of rotatable bonds is 2. The maximum absolute atomic E-state index is 13.5. The molecule has 0 bridgehead atoms. The zero-order valence-electron chi connectivity index (χ0n) is 14.0. The maximum atomic E-state index is 13.5. The minimum absolute atomic E-state index is 0.0907. The highest BCUT2D eigenvalue weighted by Gasteiger charge is 2.55. The van der Waals surface area contributed by atoms with E-state index in [9.17, 15) is 18.3 Å². The van der Waals surface area contributed by atoms with Gasteiger partial charge >= 0.3 is 6.18 Å². The molecule has 1 saturated carbocycles. The average Bonchev–Trinajstić information content (AvgIpc) is 3.15. The summed E-state index contributed by atoms with van der Waals surface area (Å²) in [5, 5.41) is 9.18. The molecule has 2 aromatic rings. The van der Waals surface area contributed by atoms with Gasteiger partial charge in [-0.3, -0.25) is 0 Å². The van der Waals surface area contributed by atoms with Crippen LogP contribution in [0, 0.1) is 5.92 Å². The molecule has 6 nitrogen and oxygen atoms in total. The topological polar surface area (TPSA) is 69.4 Å². The van der Waals surface area contributed by atoms with E-state index in [1.54, 1.807) is 13.8 Å². The molecule has 3 heterocycles. The molecule has 142 valence electrons. The van der Waals surface area contributed by atoms with Gasteiger partial charge in [-0.1, -0.05) is 11.6 Å². The van der Waals surface area contributed by atoms with Crippen LogP contribution in [0.3, 0.4) is 0 Å². The second-order valence-electron chi connectivity index (χ2n) is 7.12. The quantitative estimate of drug-likeness (QED) is 0.796. The zero-order valence-corrected chi connectivity index (χ0v) is 14.8. The molecule has 0 radical (unpaired) electrons. The highest BCUT2D eigenvalue weighted by atomic mass is 35.5. The van der Waals surface area contributed by atoms with Gasteiger partial charge in [0.1, 0.15) is 23.2 Å². The van der Waals surface area contributed by atoms with E-state index in [-0.39, 0.29) is 28.7 Å². The number of aliphatic hydroxyl groups is 1. The number of nitrogens with zero attached hydrogens (tertiary/aromatic N) is 3. The maximum Gasteiger partial charge on any atom is 0.418 e. The zero-order chi connectivity index (χ0) is 18.9. The Balaban J connectivity index is 1.86. The molecule has 2 fully saturated rings. The van der Waals surface area contributed by atoms with Gasteiger partial charge in [-0.15, -0.1) is 0 Å². The highest BCUT2D eigenvalue weighted by Crippen LogP contribution is 2.49. The second kappa shape index (κ2) is 5.79. The summed E-state index contributed by atoms with van der Waals surface area (Å²) < 4.78 is 53.8. The molecule has 1 saturated heterocycles. The summed E-state index contributed by atoms with van der Waals surface area (Å²) in [7, 11) is 0. The lowest BCUT2D eigenvalue weighted by atomic mass is 10.1. The number of aromatic nitrogens is 3. The van der Waals surface area contributed by atoms with E-state index >= 15 is 0 Å². The van der Waals surface area contributed by atoms with Gasteiger partial charge in [0.2, 0.25) is 0 Å². The fourth-order valence-electron chi connectivity index (χ4n) is 4.02. The van der Waals surface area contributed by atoms with Crippen LogP contribution in [-0.4, -0.2) is 44.2 Å². The number of halogens is 4. The molecule has 1 N–H and O–H groups in total. The molecule has 1 aliphatic carbocycles. The van der Waals surface area contributed by atoms with Crippen molar-refractivity contribution in [2.24, 2.45) is 5.92 Å². The fourth-order valence-corrected chi connectivity index (χ4v) is 4.25. The van der Waals surface area contributed by atoms with Crippen LogP contribution in [0.2, 0.25) is 5.15 Å². The molecule has 0 amide bonds. The van der Waals surface area contributed by atoms with Crippen LogP contribution in [0.15, 0.2) is 12.5 Å². The molecule has 10 heteroatoms. The minimum atomic E-state index is -4.60. The lowest BCUT2D eigenvalue weighted by molar-refractivity contribution is -0.161. The van der Waals surface area contributed by atoms with E-state index in [0.717, 1.165) is 12.5 Å². The number of hydrogen-bond acceptors (Lipinski definition) is 5. The van der Waals surface area contributed by atoms with Crippen LogP contribution in [0.1, 0.15) is 31.9 Å². The van der Waals surface area contributed by atoms with Gasteiger partial charge in [0.05, 0.1) is 23.1 Å². The van der Waals surface area contributed by atoms with Gasteiger partial charge in [-0.05, 0) is 20.3 Å². The summed E-state index contributed by atoms with van der Waals surface area (Å²) in [6.45, 7) is 3.34. The Morgan fingerprint density at radius 3 is 2.65 bits per heavy atom. The number of alkyl halides is 3. The Labute approximate surface area is 151 Å². The molecule has 1 aliphatic heterocycles. The van der Waals surface area contributed by atoms with E-state index in [1.165, 1.54) is 4.57 Å². The molecule has 0 unspecified atom stereocenters. The van der Waals surface area contributed by atoms with Crippen LogP contribution in [0.4, 0.5) is 13.2 Å². The van der Waals surface area contributed by atoms with Crippen molar-refractivity contribution in [1.82, 2.24) is 14.5 Å². The van der Waals surface area contributed by atoms with E-state index in [1.807, 2.05) is 0 Å². The lowest BCUT2D eigenvalue weighted by Gasteiger charge is -2.24. The smallest absolute Gasteiger partial charge is 0.396 e. The summed E-state index contributed by atoms with van der Waals surface area (Å²) in [5.74, 6) is -1.11. The Kier molecular flexibility index (Phi) is 4.00. The Morgan fingerprint density at radius 1 is 1.31 bits per heavy atom. The summed E-state index contributed by atoms with van der Waals surface area (Å²) in [6.07, 6.45) is -2.95. The Hall–Kier alpha value is -1.42. The fraction of sp³-hybridized carbons (Fsp3) is 0.625. The molecular formula is C16H17ClF3N3O3. The summed E-state index contributed by atoms with van der Waals surface area (Å²) >= 11 is 5.94. The van der Waals surface area contributed by atoms with Crippen molar-refractivity contribution in [3.63, 3.8) is 0 Å². The first-order valence-electron chi connectivity index (χ1n) is 8.17.